The van der Waals surface area contributed by atoms with Crippen molar-refractivity contribution in [2.75, 3.05) is 0 Å². The standard InChI is InChI=1S/C27H42BN2/c1-2-4-10-14-18-24(17-13-9-3-1)28-27-20-25-26(30-27)19-23(21-29-25)22-15-11-7-5-6-8-12-16-22/h19-22,24,30H,1-18H2. The van der Waals surface area contributed by atoms with Crippen LogP contribution in [0.15, 0.2) is 18.3 Å². The van der Waals surface area contributed by atoms with Crippen LogP contribution < -0.4 is 5.59 Å². The number of H-pyrrole nitrogens is 1. The Hall–Kier alpha value is -1.25. The van der Waals surface area contributed by atoms with Crippen LogP contribution in [0.1, 0.15) is 127 Å². The summed E-state index contributed by atoms with van der Waals surface area (Å²) in [6.45, 7) is 0. The van der Waals surface area contributed by atoms with Crippen LogP contribution in [-0.4, -0.2) is 17.2 Å². The maximum atomic E-state index is 4.87. The summed E-state index contributed by atoms with van der Waals surface area (Å²) in [5.74, 6) is 1.43. The van der Waals surface area contributed by atoms with Crippen LogP contribution in [-0.2, 0) is 0 Å². The number of pyridine rings is 1. The lowest BCUT2D eigenvalue weighted by atomic mass is 9.58. The molecule has 2 fully saturated rings. The van der Waals surface area contributed by atoms with Crippen molar-refractivity contribution in [3.63, 3.8) is 0 Å². The van der Waals surface area contributed by atoms with Gasteiger partial charge in [-0.1, -0.05) is 109 Å². The Morgan fingerprint density at radius 2 is 1.20 bits per heavy atom. The summed E-state index contributed by atoms with van der Waals surface area (Å²) in [6.07, 6.45) is 27.4. The van der Waals surface area contributed by atoms with Gasteiger partial charge < -0.3 is 4.98 Å². The molecule has 0 bridgehead atoms. The number of aromatic amines is 1. The minimum Gasteiger partial charge on any atom is -0.366 e. The van der Waals surface area contributed by atoms with Crippen molar-refractivity contribution in [1.29, 1.82) is 0 Å². The Balaban J connectivity index is 1.41. The van der Waals surface area contributed by atoms with E-state index in [1.54, 1.807) is 0 Å². The summed E-state index contributed by atoms with van der Waals surface area (Å²) < 4.78 is 0. The van der Waals surface area contributed by atoms with Gasteiger partial charge in [0, 0.05) is 6.20 Å². The molecule has 3 heteroatoms. The lowest BCUT2D eigenvalue weighted by Crippen LogP contribution is -2.20. The van der Waals surface area contributed by atoms with Gasteiger partial charge in [-0.3, -0.25) is 4.98 Å². The SMILES string of the molecule is [B](c1cc2ncc(C3CCCCCCCC3)cc2[nH]1)C1CCCCCCCCCC1. The summed E-state index contributed by atoms with van der Waals surface area (Å²) >= 11 is 0. The molecule has 2 saturated carbocycles. The summed E-state index contributed by atoms with van der Waals surface area (Å²) in [6, 6.07) is 4.70. The molecule has 0 unspecified atom stereocenters. The lowest BCUT2D eigenvalue weighted by Gasteiger charge is -2.16. The monoisotopic (exact) mass is 405 g/mol. The van der Waals surface area contributed by atoms with Crippen LogP contribution in [0.3, 0.4) is 0 Å². The van der Waals surface area contributed by atoms with Crippen LogP contribution in [0.2, 0.25) is 5.82 Å². The third kappa shape index (κ3) is 6.63. The van der Waals surface area contributed by atoms with E-state index >= 15 is 0 Å². The molecule has 1 N–H and O–H groups in total. The van der Waals surface area contributed by atoms with Crippen LogP contribution in [0, 0.1) is 0 Å². The second kappa shape index (κ2) is 12.0. The fourth-order valence-corrected chi connectivity index (χ4v) is 5.76. The van der Waals surface area contributed by atoms with Crippen molar-refractivity contribution in [3.05, 3.63) is 23.9 Å². The van der Waals surface area contributed by atoms with Crippen LogP contribution in [0.25, 0.3) is 11.0 Å². The van der Waals surface area contributed by atoms with E-state index in [2.05, 4.69) is 30.6 Å². The van der Waals surface area contributed by atoms with Gasteiger partial charge >= 0.3 is 0 Å². The molecule has 0 aliphatic heterocycles. The molecule has 4 rings (SSSR count). The first-order valence-electron chi connectivity index (χ1n) is 13.2. The van der Waals surface area contributed by atoms with Gasteiger partial charge in [-0.2, -0.15) is 0 Å². The predicted octanol–water partition coefficient (Wildman–Crippen LogP) is 7.81. The highest BCUT2D eigenvalue weighted by Crippen LogP contribution is 2.31. The molecule has 2 aliphatic rings. The molecule has 2 aromatic heterocycles. The van der Waals surface area contributed by atoms with E-state index in [0.29, 0.717) is 5.92 Å². The van der Waals surface area contributed by atoms with Crippen molar-refractivity contribution in [3.8, 4) is 0 Å². The van der Waals surface area contributed by atoms with Crippen molar-refractivity contribution >= 4 is 23.9 Å². The van der Waals surface area contributed by atoms with E-state index in [1.807, 2.05) is 0 Å². The molecule has 2 aromatic rings. The third-order valence-electron chi connectivity index (χ3n) is 7.65. The number of aromatic nitrogens is 2. The molecule has 30 heavy (non-hydrogen) atoms. The van der Waals surface area contributed by atoms with Gasteiger partial charge in [0.05, 0.1) is 11.0 Å². The number of nitrogens with zero attached hydrogens (tertiary/aromatic N) is 1. The van der Waals surface area contributed by atoms with Gasteiger partial charge in [0.25, 0.3) is 0 Å². The van der Waals surface area contributed by atoms with E-state index in [4.69, 9.17) is 4.98 Å². The molecule has 0 atom stereocenters. The fourth-order valence-electron chi connectivity index (χ4n) is 5.76. The Kier molecular flexibility index (Phi) is 8.76. The van der Waals surface area contributed by atoms with Gasteiger partial charge in [-0.05, 0) is 42.0 Å². The molecule has 1 radical (unpaired) electrons. The van der Waals surface area contributed by atoms with E-state index in [0.717, 1.165) is 11.3 Å². The van der Waals surface area contributed by atoms with Crippen LogP contribution in [0.4, 0.5) is 0 Å². The van der Waals surface area contributed by atoms with Gasteiger partial charge in [0.2, 0.25) is 0 Å². The number of rotatable bonds is 3. The minimum atomic E-state index is 0.706. The van der Waals surface area contributed by atoms with Gasteiger partial charge in [0.15, 0.2) is 7.28 Å². The smallest absolute Gasteiger partial charge is 0.178 e. The number of hydrogen-bond donors (Lipinski definition) is 1. The molecule has 2 nitrogen and oxygen atoms in total. The van der Waals surface area contributed by atoms with Gasteiger partial charge in [0.1, 0.15) is 0 Å². The predicted molar refractivity (Wildman–Crippen MR) is 131 cm³/mol. The molecule has 0 amide bonds. The topological polar surface area (TPSA) is 28.7 Å². The van der Waals surface area contributed by atoms with Crippen LogP contribution >= 0.6 is 0 Å². The average molecular weight is 405 g/mol. The van der Waals surface area contributed by atoms with E-state index < -0.39 is 0 Å². The van der Waals surface area contributed by atoms with Gasteiger partial charge in [-0.25, -0.2) is 0 Å². The molecule has 163 valence electrons. The zero-order chi connectivity index (χ0) is 20.4. The average Bonchev–Trinajstić information content (AvgIpc) is 3.19. The molecular formula is C27H42BN2. The van der Waals surface area contributed by atoms with E-state index in [1.165, 1.54) is 132 Å². The maximum Gasteiger partial charge on any atom is 0.178 e. The lowest BCUT2D eigenvalue weighted by molar-refractivity contribution is 0.539. The normalized spacial score (nSPS) is 22.0. The van der Waals surface area contributed by atoms with Gasteiger partial charge in [-0.15, -0.1) is 0 Å². The molecule has 2 heterocycles. The Morgan fingerprint density at radius 1 is 0.667 bits per heavy atom. The zero-order valence-corrected chi connectivity index (χ0v) is 19.1. The van der Waals surface area contributed by atoms with Crippen LogP contribution in [0.5, 0.6) is 0 Å². The maximum absolute atomic E-state index is 4.87. The summed E-state index contributed by atoms with van der Waals surface area (Å²) in [4.78, 5) is 8.59. The largest absolute Gasteiger partial charge is 0.366 e. The second-order valence-electron chi connectivity index (χ2n) is 10.2. The first-order valence-corrected chi connectivity index (χ1v) is 13.2. The second-order valence-corrected chi connectivity index (χ2v) is 10.2. The van der Waals surface area contributed by atoms with Crippen molar-refractivity contribution in [2.24, 2.45) is 0 Å². The van der Waals surface area contributed by atoms with E-state index in [-0.39, 0.29) is 0 Å². The number of fused-ring (bicyclic) bond motifs is 1. The highest BCUT2D eigenvalue weighted by molar-refractivity contribution is 6.54. The third-order valence-corrected chi connectivity index (χ3v) is 7.65. The quantitative estimate of drug-likeness (QED) is 0.518. The van der Waals surface area contributed by atoms with Crippen molar-refractivity contribution < 1.29 is 0 Å². The summed E-state index contributed by atoms with van der Waals surface area (Å²) in [5, 5.41) is 0. The fraction of sp³-hybridized carbons (Fsp3) is 0.741. The highest BCUT2D eigenvalue weighted by Gasteiger charge is 2.17. The Morgan fingerprint density at radius 3 is 1.80 bits per heavy atom. The van der Waals surface area contributed by atoms with Crippen molar-refractivity contribution in [2.45, 2.75) is 127 Å². The summed E-state index contributed by atoms with van der Waals surface area (Å²) in [5.41, 5.74) is 5.15. The first kappa shape index (κ1) is 22.0. The molecule has 2 aliphatic carbocycles. The molecule has 0 saturated heterocycles. The van der Waals surface area contributed by atoms with E-state index in [9.17, 15) is 0 Å². The molecular weight excluding hydrogens is 363 g/mol. The number of nitrogens with one attached hydrogen (secondary N) is 1. The first-order chi connectivity index (χ1) is 14.9. The molecule has 0 spiro atoms. The zero-order valence-electron chi connectivity index (χ0n) is 19.1. The Labute approximate surface area is 185 Å². The van der Waals surface area contributed by atoms with Crippen molar-refractivity contribution in [1.82, 2.24) is 9.97 Å². The minimum absolute atomic E-state index is 0.706. The number of hydrogen-bond acceptors (Lipinski definition) is 1. The molecule has 0 aromatic carbocycles. The summed E-state index contributed by atoms with van der Waals surface area (Å²) in [7, 11) is 2.53. The highest BCUT2D eigenvalue weighted by atomic mass is 14.8. The Bertz CT molecular complexity index is 730.